The summed E-state index contributed by atoms with van der Waals surface area (Å²) >= 11 is 7.40. The Morgan fingerprint density at radius 1 is 1.37 bits per heavy atom. The molecule has 0 heterocycles. The van der Waals surface area contributed by atoms with Crippen molar-refractivity contribution >= 4 is 40.9 Å². The predicted molar refractivity (Wildman–Crippen MR) is 79.3 cm³/mol. The van der Waals surface area contributed by atoms with Crippen molar-refractivity contribution in [3.63, 3.8) is 0 Å². The summed E-state index contributed by atoms with van der Waals surface area (Å²) in [6.07, 6.45) is 0. The van der Waals surface area contributed by atoms with Gasteiger partial charge in [-0.2, -0.15) is 0 Å². The lowest BCUT2D eigenvalue weighted by atomic mass is 10.2. The number of anilines is 1. The number of para-hydroxylation sites is 1. The molecule has 19 heavy (non-hydrogen) atoms. The van der Waals surface area contributed by atoms with Crippen molar-refractivity contribution < 1.29 is 14.7 Å². The van der Waals surface area contributed by atoms with Crippen molar-refractivity contribution in [2.75, 3.05) is 11.1 Å². The van der Waals surface area contributed by atoms with Crippen LogP contribution in [0.1, 0.15) is 31.1 Å². The molecule has 0 atom stereocenters. The molecule has 0 saturated carbocycles. The monoisotopic (exact) mass is 301 g/mol. The highest BCUT2D eigenvalue weighted by Gasteiger charge is 2.17. The summed E-state index contributed by atoms with van der Waals surface area (Å²) in [4.78, 5) is 22.9. The van der Waals surface area contributed by atoms with Crippen LogP contribution in [0.15, 0.2) is 18.2 Å². The van der Waals surface area contributed by atoms with Gasteiger partial charge in [0.2, 0.25) is 5.91 Å². The number of hydrogen-bond acceptors (Lipinski definition) is 3. The van der Waals surface area contributed by atoms with Crippen LogP contribution in [0.2, 0.25) is 5.02 Å². The van der Waals surface area contributed by atoms with E-state index in [-0.39, 0.29) is 32.7 Å². The van der Waals surface area contributed by atoms with Crippen LogP contribution in [0, 0.1) is 0 Å². The van der Waals surface area contributed by atoms with Crippen LogP contribution >= 0.6 is 23.4 Å². The van der Waals surface area contributed by atoms with Gasteiger partial charge in [0.1, 0.15) is 0 Å². The molecular formula is C13H16ClNO3S. The quantitative estimate of drug-likeness (QED) is 0.893. The molecule has 0 spiro atoms. The lowest BCUT2D eigenvalue weighted by Gasteiger charge is -2.17. The summed E-state index contributed by atoms with van der Waals surface area (Å²) in [6.45, 7) is 6.01. The van der Waals surface area contributed by atoms with Gasteiger partial charge in [0.25, 0.3) is 0 Å². The zero-order chi connectivity index (χ0) is 14.6. The zero-order valence-corrected chi connectivity index (χ0v) is 12.6. The van der Waals surface area contributed by atoms with E-state index in [0.717, 1.165) is 0 Å². The average Bonchev–Trinajstić information content (AvgIpc) is 2.28. The highest BCUT2D eigenvalue weighted by atomic mass is 35.5. The van der Waals surface area contributed by atoms with Gasteiger partial charge < -0.3 is 10.4 Å². The van der Waals surface area contributed by atoms with Crippen LogP contribution in [0.3, 0.4) is 0 Å². The number of benzene rings is 1. The Morgan fingerprint density at radius 2 is 2.00 bits per heavy atom. The van der Waals surface area contributed by atoms with Gasteiger partial charge in [-0.3, -0.25) is 4.79 Å². The standard InChI is InChI=1S/C13H16ClNO3S/c1-13(2,3)19-7-10(16)15-11-8(12(17)18)5-4-6-9(11)14/h4-6H,7H2,1-3H3,(H,15,16)(H,17,18). The van der Waals surface area contributed by atoms with E-state index in [1.165, 1.54) is 23.9 Å². The third-order valence-corrected chi connectivity index (χ3v) is 3.73. The number of hydrogen-bond donors (Lipinski definition) is 2. The zero-order valence-electron chi connectivity index (χ0n) is 11.0. The highest BCUT2D eigenvalue weighted by molar-refractivity contribution is 8.01. The molecule has 104 valence electrons. The fourth-order valence-corrected chi connectivity index (χ4v) is 2.15. The molecule has 1 rings (SSSR count). The molecule has 4 nitrogen and oxygen atoms in total. The number of carbonyl (C=O) groups is 2. The minimum Gasteiger partial charge on any atom is -0.478 e. The second-order valence-electron chi connectivity index (χ2n) is 4.92. The number of aromatic carboxylic acids is 1. The van der Waals surface area contributed by atoms with E-state index in [9.17, 15) is 9.59 Å². The van der Waals surface area contributed by atoms with E-state index < -0.39 is 5.97 Å². The van der Waals surface area contributed by atoms with Crippen LogP contribution < -0.4 is 5.32 Å². The predicted octanol–water partition coefficient (Wildman–Crippen LogP) is 3.51. The Labute approximate surface area is 121 Å². The summed E-state index contributed by atoms with van der Waals surface area (Å²) in [5.41, 5.74) is 0.137. The second kappa shape index (κ2) is 6.30. The number of carboxylic acids is 1. The van der Waals surface area contributed by atoms with E-state index in [2.05, 4.69) is 5.32 Å². The normalized spacial score (nSPS) is 11.2. The van der Waals surface area contributed by atoms with Gasteiger partial charge in [-0.1, -0.05) is 38.4 Å². The molecule has 0 aliphatic heterocycles. The van der Waals surface area contributed by atoms with E-state index in [0.29, 0.717) is 0 Å². The number of rotatable bonds is 4. The molecular weight excluding hydrogens is 286 g/mol. The minimum absolute atomic E-state index is 0.0124. The van der Waals surface area contributed by atoms with Crippen LogP contribution in [0.25, 0.3) is 0 Å². The van der Waals surface area contributed by atoms with Crippen molar-refractivity contribution in [1.82, 2.24) is 0 Å². The molecule has 0 saturated heterocycles. The lowest BCUT2D eigenvalue weighted by molar-refractivity contribution is -0.113. The fourth-order valence-electron chi connectivity index (χ4n) is 1.29. The van der Waals surface area contributed by atoms with Gasteiger partial charge in [-0.05, 0) is 12.1 Å². The summed E-state index contributed by atoms with van der Waals surface area (Å²) < 4.78 is -0.0343. The number of halogens is 1. The molecule has 0 unspecified atom stereocenters. The summed E-state index contributed by atoms with van der Waals surface area (Å²) in [7, 11) is 0. The highest BCUT2D eigenvalue weighted by Crippen LogP contribution is 2.27. The van der Waals surface area contributed by atoms with Crippen LogP contribution in [-0.4, -0.2) is 27.5 Å². The smallest absolute Gasteiger partial charge is 0.337 e. The van der Waals surface area contributed by atoms with E-state index >= 15 is 0 Å². The van der Waals surface area contributed by atoms with E-state index in [1.54, 1.807) is 6.07 Å². The Hall–Kier alpha value is -1.20. The van der Waals surface area contributed by atoms with Gasteiger partial charge >= 0.3 is 5.97 Å². The first-order valence-corrected chi connectivity index (χ1v) is 7.02. The molecule has 6 heteroatoms. The molecule has 0 aliphatic carbocycles. The van der Waals surface area contributed by atoms with Gasteiger partial charge in [-0.25, -0.2) is 4.79 Å². The van der Waals surface area contributed by atoms with Gasteiger partial charge in [-0.15, -0.1) is 11.8 Å². The number of amides is 1. The number of nitrogens with one attached hydrogen (secondary N) is 1. The molecule has 1 aromatic rings. The summed E-state index contributed by atoms with van der Waals surface area (Å²) in [5.74, 6) is -1.15. The van der Waals surface area contributed by atoms with Crippen molar-refractivity contribution in [3.05, 3.63) is 28.8 Å². The van der Waals surface area contributed by atoms with Crippen molar-refractivity contribution in [2.24, 2.45) is 0 Å². The van der Waals surface area contributed by atoms with Crippen molar-refractivity contribution in [2.45, 2.75) is 25.5 Å². The van der Waals surface area contributed by atoms with Crippen LogP contribution in [0.4, 0.5) is 5.69 Å². The molecule has 1 amide bonds. The van der Waals surface area contributed by atoms with E-state index in [4.69, 9.17) is 16.7 Å². The molecule has 0 radical (unpaired) electrons. The maximum Gasteiger partial charge on any atom is 0.337 e. The Balaban J connectivity index is 2.82. The molecule has 0 aromatic heterocycles. The lowest BCUT2D eigenvalue weighted by Crippen LogP contribution is -2.20. The molecule has 0 aliphatic rings. The Bertz CT molecular complexity index is 497. The number of carboxylic acid groups (broad SMARTS) is 1. The van der Waals surface area contributed by atoms with Gasteiger partial charge in [0, 0.05) is 4.75 Å². The van der Waals surface area contributed by atoms with Crippen molar-refractivity contribution in [3.8, 4) is 0 Å². The molecule has 1 aromatic carbocycles. The Kier molecular flexibility index (Phi) is 5.26. The van der Waals surface area contributed by atoms with Gasteiger partial charge in [0.15, 0.2) is 0 Å². The molecule has 2 N–H and O–H groups in total. The maximum atomic E-state index is 11.8. The van der Waals surface area contributed by atoms with E-state index in [1.807, 2.05) is 20.8 Å². The minimum atomic E-state index is -1.12. The average molecular weight is 302 g/mol. The molecule has 0 fully saturated rings. The largest absolute Gasteiger partial charge is 0.478 e. The first-order valence-electron chi connectivity index (χ1n) is 5.66. The third kappa shape index (κ3) is 5.12. The van der Waals surface area contributed by atoms with Gasteiger partial charge in [0.05, 0.1) is 22.0 Å². The number of carbonyl (C=O) groups excluding carboxylic acids is 1. The topological polar surface area (TPSA) is 66.4 Å². The first-order chi connectivity index (χ1) is 8.70. The molecule has 0 bridgehead atoms. The Morgan fingerprint density at radius 3 is 2.53 bits per heavy atom. The maximum absolute atomic E-state index is 11.8. The number of thioether (sulfide) groups is 1. The summed E-state index contributed by atoms with van der Waals surface area (Å²) in [6, 6.07) is 4.48. The van der Waals surface area contributed by atoms with Crippen molar-refractivity contribution in [1.29, 1.82) is 0 Å². The van der Waals surface area contributed by atoms with Crippen LogP contribution in [-0.2, 0) is 4.79 Å². The SMILES string of the molecule is CC(C)(C)SCC(=O)Nc1c(Cl)cccc1C(=O)O. The summed E-state index contributed by atoms with van der Waals surface area (Å²) in [5, 5.41) is 11.8. The van der Waals surface area contributed by atoms with Crippen LogP contribution in [0.5, 0.6) is 0 Å². The fraction of sp³-hybridized carbons (Fsp3) is 0.385. The first kappa shape index (κ1) is 15.9. The second-order valence-corrected chi connectivity index (χ2v) is 7.13. The third-order valence-electron chi connectivity index (χ3n) is 2.14.